The molecule has 5 rings (SSSR count). The Labute approximate surface area is 195 Å². The van der Waals surface area contributed by atoms with Gasteiger partial charge in [0.1, 0.15) is 0 Å². The van der Waals surface area contributed by atoms with Crippen LogP contribution in [0.3, 0.4) is 0 Å². The lowest BCUT2D eigenvalue weighted by Gasteiger charge is -2.30. The number of imidazole rings is 1. The summed E-state index contributed by atoms with van der Waals surface area (Å²) in [6, 6.07) is 14.1. The molecule has 3 aromatic heterocycles. The van der Waals surface area contributed by atoms with Gasteiger partial charge in [0, 0.05) is 62.0 Å². The molecule has 1 aromatic carbocycles. The molecule has 1 amide bonds. The summed E-state index contributed by atoms with van der Waals surface area (Å²) in [7, 11) is 0. The number of ether oxygens (including phenoxy) is 1. The predicted octanol–water partition coefficient (Wildman–Crippen LogP) is 4.14. The summed E-state index contributed by atoms with van der Waals surface area (Å²) < 4.78 is 7.63. The maximum Gasteiger partial charge on any atom is 0.263 e. The minimum absolute atomic E-state index is 0.121. The van der Waals surface area contributed by atoms with Gasteiger partial charge in [0.25, 0.3) is 5.91 Å². The standard InChI is InChI=1S/C24H26N4O2S2/c29-23(22-7-4-16-31-22)27(11-10-26-12-14-30-15-13-26)9-8-20-18-32-24-25-21(17-28(20)24)19-5-2-1-3-6-19/h1-7,16-18H,8-15H2. The fraction of sp³-hybridized carbons (Fsp3) is 0.333. The SMILES string of the molecule is O=C(c1cccs1)N(CCc1csc2nc(-c3ccccc3)cn12)CCN1CCOCC1. The molecule has 0 aliphatic carbocycles. The maximum atomic E-state index is 13.2. The van der Waals surface area contributed by atoms with Crippen molar-refractivity contribution in [2.75, 3.05) is 45.9 Å². The average Bonchev–Trinajstić information content (AvgIpc) is 3.58. The van der Waals surface area contributed by atoms with Gasteiger partial charge in [-0.3, -0.25) is 14.1 Å². The Bertz CT molecular complexity index is 1150. The lowest BCUT2D eigenvalue weighted by atomic mass is 10.2. The van der Waals surface area contributed by atoms with E-state index in [2.05, 4.69) is 33.0 Å². The van der Waals surface area contributed by atoms with Crippen LogP contribution in [0.25, 0.3) is 16.2 Å². The van der Waals surface area contributed by atoms with Crippen molar-refractivity contribution in [2.45, 2.75) is 6.42 Å². The molecule has 0 atom stereocenters. The van der Waals surface area contributed by atoms with E-state index in [0.717, 1.165) is 66.9 Å². The van der Waals surface area contributed by atoms with E-state index in [9.17, 15) is 4.79 Å². The van der Waals surface area contributed by atoms with Crippen LogP contribution in [0.2, 0.25) is 0 Å². The predicted molar refractivity (Wildman–Crippen MR) is 130 cm³/mol. The van der Waals surface area contributed by atoms with Gasteiger partial charge in [-0.15, -0.1) is 22.7 Å². The summed E-state index contributed by atoms with van der Waals surface area (Å²) in [5.74, 6) is 0.121. The fourth-order valence-corrected chi connectivity index (χ4v) is 5.56. The van der Waals surface area contributed by atoms with Crippen LogP contribution < -0.4 is 0 Å². The number of benzene rings is 1. The molecule has 1 aliphatic rings. The van der Waals surface area contributed by atoms with Crippen LogP contribution in [0.15, 0.2) is 59.4 Å². The van der Waals surface area contributed by atoms with Crippen LogP contribution >= 0.6 is 22.7 Å². The zero-order chi connectivity index (χ0) is 21.8. The minimum atomic E-state index is 0.121. The van der Waals surface area contributed by atoms with Gasteiger partial charge in [0.05, 0.1) is 23.8 Å². The fourth-order valence-electron chi connectivity index (χ4n) is 3.96. The highest BCUT2D eigenvalue weighted by molar-refractivity contribution is 7.15. The van der Waals surface area contributed by atoms with Gasteiger partial charge in [-0.2, -0.15) is 0 Å². The molecule has 6 nitrogen and oxygen atoms in total. The normalized spacial score (nSPS) is 14.8. The number of aromatic nitrogens is 2. The van der Waals surface area contributed by atoms with Gasteiger partial charge in [0.2, 0.25) is 0 Å². The Balaban J connectivity index is 1.30. The van der Waals surface area contributed by atoms with E-state index in [1.807, 2.05) is 40.6 Å². The molecule has 1 aliphatic heterocycles. The molecule has 4 heterocycles. The van der Waals surface area contributed by atoms with Crippen LogP contribution in [0.1, 0.15) is 15.4 Å². The molecular formula is C24H26N4O2S2. The van der Waals surface area contributed by atoms with Gasteiger partial charge in [-0.25, -0.2) is 4.98 Å². The monoisotopic (exact) mass is 466 g/mol. The highest BCUT2D eigenvalue weighted by Crippen LogP contribution is 2.24. The van der Waals surface area contributed by atoms with E-state index in [1.165, 1.54) is 17.0 Å². The summed E-state index contributed by atoms with van der Waals surface area (Å²) in [4.78, 5) is 24.1. The zero-order valence-electron chi connectivity index (χ0n) is 17.9. The summed E-state index contributed by atoms with van der Waals surface area (Å²) in [6.45, 7) is 5.71. The smallest absolute Gasteiger partial charge is 0.263 e. The van der Waals surface area contributed by atoms with E-state index in [1.54, 1.807) is 11.3 Å². The number of fused-ring (bicyclic) bond motifs is 1. The van der Waals surface area contributed by atoms with Gasteiger partial charge in [0.15, 0.2) is 4.96 Å². The topological polar surface area (TPSA) is 50.1 Å². The third-order valence-corrected chi connectivity index (χ3v) is 7.55. The van der Waals surface area contributed by atoms with Crippen molar-refractivity contribution < 1.29 is 9.53 Å². The van der Waals surface area contributed by atoms with E-state index >= 15 is 0 Å². The Morgan fingerprint density at radius 3 is 2.69 bits per heavy atom. The third kappa shape index (κ3) is 4.78. The molecule has 0 radical (unpaired) electrons. The van der Waals surface area contributed by atoms with Gasteiger partial charge >= 0.3 is 0 Å². The molecule has 4 aromatic rings. The Morgan fingerprint density at radius 1 is 1.06 bits per heavy atom. The molecule has 0 unspecified atom stereocenters. The molecule has 0 bridgehead atoms. The van der Waals surface area contributed by atoms with E-state index in [-0.39, 0.29) is 5.91 Å². The van der Waals surface area contributed by atoms with Crippen LogP contribution in [-0.2, 0) is 11.2 Å². The lowest BCUT2D eigenvalue weighted by molar-refractivity contribution is 0.0326. The minimum Gasteiger partial charge on any atom is -0.379 e. The van der Waals surface area contributed by atoms with Crippen LogP contribution in [0, 0.1) is 0 Å². The molecule has 1 saturated heterocycles. The van der Waals surface area contributed by atoms with Gasteiger partial charge in [-0.1, -0.05) is 36.4 Å². The first kappa shape index (κ1) is 21.3. The second-order valence-electron chi connectivity index (χ2n) is 7.85. The molecule has 0 saturated carbocycles. The van der Waals surface area contributed by atoms with Crippen molar-refractivity contribution in [3.63, 3.8) is 0 Å². The summed E-state index contributed by atoms with van der Waals surface area (Å²) in [5, 5.41) is 4.12. The van der Waals surface area contributed by atoms with E-state index in [0.29, 0.717) is 6.54 Å². The van der Waals surface area contributed by atoms with Crippen molar-refractivity contribution >= 4 is 33.5 Å². The summed E-state index contributed by atoms with van der Waals surface area (Å²) >= 11 is 3.16. The van der Waals surface area contributed by atoms with Crippen molar-refractivity contribution in [3.8, 4) is 11.3 Å². The summed E-state index contributed by atoms with van der Waals surface area (Å²) in [5.41, 5.74) is 3.29. The number of rotatable bonds is 8. The number of nitrogens with zero attached hydrogens (tertiary/aromatic N) is 4. The number of amides is 1. The quantitative estimate of drug-likeness (QED) is 0.392. The van der Waals surface area contributed by atoms with Crippen molar-refractivity contribution in [1.82, 2.24) is 19.2 Å². The number of thiophene rings is 1. The first-order valence-electron chi connectivity index (χ1n) is 10.9. The van der Waals surface area contributed by atoms with Crippen molar-refractivity contribution in [1.29, 1.82) is 0 Å². The number of thiazole rings is 1. The maximum absolute atomic E-state index is 13.2. The zero-order valence-corrected chi connectivity index (χ0v) is 19.5. The van der Waals surface area contributed by atoms with Gasteiger partial charge in [-0.05, 0) is 11.4 Å². The highest BCUT2D eigenvalue weighted by atomic mass is 32.1. The van der Waals surface area contributed by atoms with Crippen LogP contribution in [0.4, 0.5) is 0 Å². The Hall–Kier alpha value is -2.52. The average molecular weight is 467 g/mol. The number of morpholine rings is 1. The molecule has 32 heavy (non-hydrogen) atoms. The number of hydrogen-bond acceptors (Lipinski definition) is 6. The number of hydrogen-bond donors (Lipinski definition) is 0. The molecule has 0 N–H and O–H groups in total. The van der Waals surface area contributed by atoms with E-state index in [4.69, 9.17) is 9.72 Å². The molecule has 8 heteroatoms. The Morgan fingerprint density at radius 2 is 1.91 bits per heavy atom. The molecule has 1 fully saturated rings. The third-order valence-electron chi connectivity index (χ3n) is 5.80. The first-order chi connectivity index (χ1) is 15.8. The van der Waals surface area contributed by atoms with E-state index < -0.39 is 0 Å². The second kappa shape index (κ2) is 9.95. The first-order valence-corrected chi connectivity index (χ1v) is 12.7. The molecule has 0 spiro atoms. The van der Waals surface area contributed by atoms with Crippen LogP contribution in [-0.4, -0.2) is 71.0 Å². The Kier molecular flexibility index (Phi) is 6.64. The van der Waals surface area contributed by atoms with Gasteiger partial charge < -0.3 is 9.64 Å². The lowest BCUT2D eigenvalue weighted by Crippen LogP contribution is -2.43. The number of carbonyl (C=O) groups is 1. The second-order valence-corrected chi connectivity index (χ2v) is 9.63. The largest absolute Gasteiger partial charge is 0.379 e. The van der Waals surface area contributed by atoms with Crippen molar-refractivity contribution in [3.05, 3.63) is 70.0 Å². The highest BCUT2D eigenvalue weighted by Gasteiger charge is 2.20. The molecular weight excluding hydrogens is 440 g/mol. The molecule has 166 valence electrons. The van der Waals surface area contributed by atoms with Crippen molar-refractivity contribution in [2.24, 2.45) is 0 Å². The summed E-state index contributed by atoms with van der Waals surface area (Å²) in [6.07, 6.45) is 2.90. The number of carbonyl (C=O) groups excluding carboxylic acids is 1. The van der Waals surface area contributed by atoms with Crippen LogP contribution in [0.5, 0.6) is 0 Å².